The summed E-state index contributed by atoms with van der Waals surface area (Å²) in [6, 6.07) is 0.419. The first-order valence-corrected chi connectivity index (χ1v) is 5.68. The van der Waals surface area contributed by atoms with Crippen molar-refractivity contribution in [2.45, 2.75) is 32.4 Å². The van der Waals surface area contributed by atoms with Crippen LogP contribution in [0.5, 0.6) is 0 Å². The molecule has 1 heterocycles. The first kappa shape index (κ1) is 12.9. The van der Waals surface area contributed by atoms with Gasteiger partial charge in [0, 0.05) is 37.7 Å². The fraction of sp³-hybridized carbons (Fsp3) is 0.583. The van der Waals surface area contributed by atoms with Crippen LogP contribution >= 0.6 is 0 Å². The van der Waals surface area contributed by atoms with Crippen molar-refractivity contribution < 1.29 is 4.74 Å². The molecule has 1 rings (SSSR count). The predicted molar refractivity (Wildman–Crippen MR) is 66.0 cm³/mol. The Labute approximate surface area is 97.3 Å². The van der Waals surface area contributed by atoms with Crippen LogP contribution in [0.15, 0.2) is 19.0 Å². The lowest BCUT2D eigenvalue weighted by atomic mass is 10.2. The average molecular weight is 223 g/mol. The van der Waals surface area contributed by atoms with Crippen LogP contribution in [0, 0.1) is 0 Å². The van der Waals surface area contributed by atoms with Crippen LogP contribution in [0.2, 0.25) is 0 Å². The van der Waals surface area contributed by atoms with Crippen LogP contribution in [0.25, 0.3) is 6.20 Å². The quantitative estimate of drug-likeness (QED) is 0.731. The number of aromatic nitrogens is 2. The largest absolute Gasteiger partial charge is 0.383 e. The van der Waals surface area contributed by atoms with E-state index in [2.05, 4.69) is 23.9 Å². The van der Waals surface area contributed by atoms with E-state index in [4.69, 9.17) is 4.74 Å². The lowest BCUT2D eigenvalue weighted by Gasteiger charge is -2.16. The van der Waals surface area contributed by atoms with Crippen molar-refractivity contribution in [1.29, 1.82) is 0 Å². The molecule has 0 aliphatic heterocycles. The van der Waals surface area contributed by atoms with Gasteiger partial charge in [-0.15, -0.1) is 0 Å². The molecule has 90 valence electrons. The summed E-state index contributed by atoms with van der Waals surface area (Å²) in [7, 11) is 1.74. The number of methoxy groups -OCH3 is 1. The third-order valence-corrected chi connectivity index (χ3v) is 2.44. The minimum atomic E-state index is 0.419. The van der Waals surface area contributed by atoms with E-state index in [0.717, 1.165) is 31.6 Å². The minimum absolute atomic E-state index is 0.419. The lowest BCUT2D eigenvalue weighted by molar-refractivity contribution is 0.161. The van der Waals surface area contributed by atoms with Crippen molar-refractivity contribution in [2.24, 2.45) is 0 Å². The molecule has 1 unspecified atom stereocenters. The van der Waals surface area contributed by atoms with E-state index in [0.29, 0.717) is 6.04 Å². The van der Waals surface area contributed by atoms with Gasteiger partial charge in [-0.25, -0.2) is 4.68 Å². The van der Waals surface area contributed by atoms with Crippen molar-refractivity contribution in [3.05, 3.63) is 24.5 Å². The van der Waals surface area contributed by atoms with Crippen molar-refractivity contribution in [1.82, 2.24) is 15.1 Å². The normalized spacial score (nSPS) is 12.6. The number of ether oxygens (including phenoxy) is 1. The molecular formula is C12H21N3O. The zero-order chi connectivity index (χ0) is 11.8. The first-order chi connectivity index (χ1) is 7.80. The smallest absolute Gasteiger partial charge is 0.0615 e. The third kappa shape index (κ3) is 4.16. The van der Waals surface area contributed by atoms with Crippen molar-refractivity contribution in [3.8, 4) is 0 Å². The van der Waals surface area contributed by atoms with Crippen LogP contribution in [-0.2, 0) is 11.3 Å². The average Bonchev–Trinajstić information content (AvgIpc) is 2.74. The van der Waals surface area contributed by atoms with E-state index in [1.807, 2.05) is 12.4 Å². The molecule has 0 amide bonds. The highest BCUT2D eigenvalue weighted by molar-refractivity contribution is 5.17. The van der Waals surface area contributed by atoms with E-state index < -0.39 is 0 Å². The minimum Gasteiger partial charge on any atom is -0.383 e. The highest BCUT2D eigenvalue weighted by Gasteiger charge is 2.06. The maximum atomic E-state index is 5.17. The van der Waals surface area contributed by atoms with Crippen LogP contribution in [0.4, 0.5) is 0 Å². The molecule has 0 saturated heterocycles. The van der Waals surface area contributed by atoms with E-state index in [1.165, 1.54) is 0 Å². The summed E-state index contributed by atoms with van der Waals surface area (Å²) in [5.41, 5.74) is 1.16. The van der Waals surface area contributed by atoms with Crippen molar-refractivity contribution in [2.75, 3.05) is 13.7 Å². The van der Waals surface area contributed by atoms with E-state index in [9.17, 15) is 0 Å². The number of rotatable bonds is 8. The second-order valence-electron chi connectivity index (χ2n) is 3.83. The van der Waals surface area contributed by atoms with Crippen LogP contribution in [0.1, 0.15) is 25.3 Å². The van der Waals surface area contributed by atoms with Gasteiger partial charge in [0.2, 0.25) is 0 Å². The lowest BCUT2D eigenvalue weighted by Crippen LogP contribution is -2.32. The maximum Gasteiger partial charge on any atom is 0.0615 e. The second kappa shape index (κ2) is 7.19. The summed E-state index contributed by atoms with van der Waals surface area (Å²) in [6.45, 7) is 7.41. The molecule has 0 aromatic carbocycles. The molecule has 0 fully saturated rings. The Bertz CT molecular complexity index is 303. The maximum absolute atomic E-state index is 5.17. The van der Waals surface area contributed by atoms with Gasteiger partial charge in [-0.2, -0.15) is 5.10 Å². The Morgan fingerprint density at radius 3 is 3.06 bits per heavy atom. The SMILES string of the molecule is C=Cn1cc(CNC(CCC)COC)cn1. The molecule has 0 aliphatic rings. The topological polar surface area (TPSA) is 39.1 Å². The Morgan fingerprint density at radius 1 is 1.69 bits per heavy atom. The van der Waals surface area contributed by atoms with Gasteiger partial charge >= 0.3 is 0 Å². The van der Waals surface area contributed by atoms with Gasteiger partial charge in [0.1, 0.15) is 0 Å². The van der Waals surface area contributed by atoms with Crippen molar-refractivity contribution in [3.63, 3.8) is 0 Å². The third-order valence-electron chi connectivity index (χ3n) is 2.44. The highest BCUT2D eigenvalue weighted by Crippen LogP contribution is 2.01. The molecule has 16 heavy (non-hydrogen) atoms. The Morgan fingerprint density at radius 2 is 2.50 bits per heavy atom. The zero-order valence-corrected chi connectivity index (χ0v) is 10.1. The molecule has 0 radical (unpaired) electrons. The number of nitrogens with one attached hydrogen (secondary N) is 1. The van der Waals surface area contributed by atoms with Gasteiger partial charge in [0.15, 0.2) is 0 Å². The fourth-order valence-corrected chi connectivity index (χ4v) is 1.62. The van der Waals surface area contributed by atoms with E-state index >= 15 is 0 Å². The van der Waals surface area contributed by atoms with Gasteiger partial charge in [-0.1, -0.05) is 19.9 Å². The summed E-state index contributed by atoms with van der Waals surface area (Å²) in [5.74, 6) is 0. The molecular weight excluding hydrogens is 202 g/mol. The Kier molecular flexibility index (Phi) is 5.82. The number of hydrogen-bond acceptors (Lipinski definition) is 3. The number of hydrogen-bond donors (Lipinski definition) is 1. The zero-order valence-electron chi connectivity index (χ0n) is 10.1. The molecule has 1 aromatic heterocycles. The molecule has 0 bridgehead atoms. The summed E-state index contributed by atoms with van der Waals surface area (Å²) in [5, 5.41) is 7.59. The van der Waals surface area contributed by atoms with Gasteiger partial charge in [0.25, 0.3) is 0 Å². The van der Waals surface area contributed by atoms with Crippen LogP contribution < -0.4 is 5.32 Å². The molecule has 0 spiro atoms. The molecule has 1 N–H and O–H groups in total. The summed E-state index contributed by atoms with van der Waals surface area (Å²) >= 11 is 0. The predicted octanol–water partition coefficient (Wildman–Crippen LogP) is 1.89. The molecule has 0 saturated carbocycles. The van der Waals surface area contributed by atoms with Crippen LogP contribution in [0.3, 0.4) is 0 Å². The standard InChI is InChI=1S/C12H21N3O/c1-4-6-12(10-16-3)13-7-11-8-14-15(5-2)9-11/h5,8-9,12-13H,2,4,6-7,10H2,1,3H3. The van der Waals surface area contributed by atoms with Crippen LogP contribution in [-0.4, -0.2) is 29.5 Å². The van der Waals surface area contributed by atoms with Gasteiger partial charge in [0.05, 0.1) is 12.8 Å². The Hall–Kier alpha value is -1.13. The monoisotopic (exact) mass is 223 g/mol. The summed E-state index contributed by atoms with van der Waals surface area (Å²) < 4.78 is 6.88. The molecule has 1 aromatic rings. The summed E-state index contributed by atoms with van der Waals surface area (Å²) in [4.78, 5) is 0. The summed E-state index contributed by atoms with van der Waals surface area (Å²) in [6.07, 6.45) is 7.79. The second-order valence-corrected chi connectivity index (χ2v) is 3.83. The van der Waals surface area contributed by atoms with Gasteiger partial charge in [-0.05, 0) is 6.42 Å². The first-order valence-electron chi connectivity index (χ1n) is 5.68. The van der Waals surface area contributed by atoms with E-state index in [-0.39, 0.29) is 0 Å². The Balaban J connectivity index is 2.38. The fourth-order valence-electron chi connectivity index (χ4n) is 1.62. The molecule has 4 nitrogen and oxygen atoms in total. The molecule has 4 heteroatoms. The highest BCUT2D eigenvalue weighted by atomic mass is 16.5. The van der Waals surface area contributed by atoms with Crippen molar-refractivity contribution >= 4 is 6.20 Å². The van der Waals surface area contributed by atoms with E-state index in [1.54, 1.807) is 18.0 Å². The molecule has 1 atom stereocenters. The number of nitrogens with zero attached hydrogens (tertiary/aromatic N) is 2. The van der Waals surface area contributed by atoms with Gasteiger partial charge < -0.3 is 10.1 Å². The van der Waals surface area contributed by atoms with Gasteiger partial charge in [-0.3, -0.25) is 0 Å². The molecule has 0 aliphatic carbocycles.